The van der Waals surface area contributed by atoms with Crippen LogP contribution in [0.15, 0.2) is 64.5 Å². The number of nitrogens with zero attached hydrogens (tertiary/aromatic N) is 6. The van der Waals surface area contributed by atoms with Gasteiger partial charge in [0.05, 0.1) is 22.3 Å². The van der Waals surface area contributed by atoms with Gasteiger partial charge in [-0.05, 0) is 37.6 Å². The maximum atomic E-state index is 13.0. The number of para-hydroxylation sites is 2. The van der Waals surface area contributed by atoms with E-state index in [9.17, 15) is 4.79 Å². The third kappa shape index (κ3) is 3.40. The van der Waals surface area contributed by atoms with E-state index in [4.69, 9.17) is 11.6 Å². The molecule has 0 radical (unpaired) electrons. The van der Waals surface area contributed by atoms with Gasteiger partial charge in [0.15, 0.2) is 5.16 Å². The molecule has 32 heavy (non-hydrogen) atoms. The zero-order chi connectivity index (χ0) is 22.2. The van der Waals surface area contributed by atoms with Crippen LogP contribution in [0.3, 0.4) is 0 Å². The topological polar surface area (TPSA) is 70.0 Å². The second-order valence-corrected chi connectivity index (χ2v) is 8.78. The standard InChI is InChI=1S/C23H21ClN6OS/c1-3-13-28-21(31)17-11-7-8-12-19(17)29-22(28)25-26-23(29)32-14-18-15(2)27-30(20(18)24)16-9-5-4-6-10-16/h4-12H,3,13-14H2,1-2H3. The molecule has 0 atom stereocenters. The van der Waals surface area contributed by atoms with E-state index in [0.29, 0.717) is 33.8 Å². The van der Waals surface area contributed by atoms with E-state index in [0.717, 1.165) is 28.9 Å². The van der Waals surface area contributed by atoms with Gasteiger partial charge < -0.3 is 0 Å². The Hall–Kier alpha value is -3.10. The summed E-state index contributed by atoms with van der Waals surface area (Å²) >= 11 is 8.23. The van der Waals surface area contributed by atoms with Crippen molar-refractivity contribution < 1.29 is 0 Å². The Labute approximate surface area is 193 Å². The van der Waals surface area contributed by atoms with Crippen LogP contribution in [0.1, 0.15) is 24.6 Å². The summed E-state index contributed by atoms with van der Waals surface area (Å²) in [5.41, 5.74) is 3.49. The highest BCUT2D eigenvalue weighted by Crippen LogP contribution is 2.31. The van der Waals surface area contributed by atoms with E-state index in [1.165, 1.54) is 11.8 Å². The van der Waals surface area contributed by atoms with Crippen LogP contribution >= 0.6 is 23.4 Å². The molecule has 0 aliphatic heterocycles. The molecule has 162 valence electrons. The molecular weight excluding hydrogens is 444 g/mol. The van der Waals surface area contributed by atoms with Crippen molar-refractivity contribution in [3.63, 3.8) is 0 Å². The second kappa shape index (κ2) is 8.44. The Morgan fingerprint density at radius 2 is 1.78 bits per heavy atom. The van der Waals surface area contributed by atoms with Gasteiger partial charge in [0, 0.05) is 17.9 Å². The molecule has 0 saturated carbocycles. The zero-order valence-corrected chi connectivity index (χ0v) is 19.3. The van der Waals surface area contributed by atoms with E-state index >= 15 is 0 Å². The molecule has 0 N–H and O–H groups in total. The van der Waals surface area contributed by atoms with Crippen LogP contribution < -0.4 is 5.56 Å². The molecular formula is C23H21ClN6OS. The molecule has 2 aromatic carbocycles. The molecule has 0 amide bonds. The van der Waals surface area contributed by atoms with Crippen molar-refractivity contribution >= 4 is 40.0 Å². The number of rotatable bonds is 6. The van der Waals surface area contributed by atoms with Crippen molar-refractivity contribution in [2.24, 2.45) is 0 Å². The summed E-state index contributed by atoms with van der Waals surface area (Å²) in [6.07, 6.45) is 0.830. The first-order valence-electron chi connectivity index (χ1n) is 10.4. The van der Waals surface area contributed by atoms with Gasteiger partial charge in [-0.2, -0.15) is 5.10 Å². The van der Waals surface area contributed by atoms with Gasteiger partial charge in [0.2, 0.25) is 5.78 Å². The van der Waals surface area contributed by atoms with Crippen LogP contribution in [0, 0.1) is 6.92 Å². The number of fused-ring (bicyclic) bond motifs is 3. The third-order valence-electron chi connectivity index (χ3n) is 5.39. The number of halogens is 1. The van der Waals surface area contributed by atoms with Gasteiger partial charge in [0.25, 0.3) is 5.56 Å². The quantitative estimate of drug-likeness (QED) is 0.334. The van der Waals surface area contributed by atoms with E-state index in [1.54, 1.807) is 9.25 Å². The van der Waals surface area contributed by atoms with Crippen LogP contribution in [0.4, 0.5) is 0 Å². The average molecular weight is 465 g/mol. The Morgan fingerprint density at radius 3 is 2.56 bits per heavy atom. The van der Waals surface area contributed by atoms with E-state index in [1.807, 2.05) is 72.8 Å². The van der Waals surface area contributed by atoms with Gasteiger partial charge in [-0.1, -0.05) is 60.6 Å². The van der Waals surface area contributed by atoms with Gasteiger partial charge in [-0.15, -0.1) is 10.2 Å². The first-order valence-corrected chi connectivity index (χ1v) is 11.8. The minimum Gasteiger partial charge on any atom is -0.276 e. The molecule has 0 bridgehead atoms. The Kier molecular flexibility index (Phi) is 5.48. The highest BCUT2D eigenvalue weighted by Gasteiger charge is 2.19. The molecule has 0 saturated heterocycles. The molecule has 5 rings (SSSR count). The van der Waals surface area contributed by atoms with Crippen molar-refractivity contribution in [1.82, 2.24) is 28.9 Å². The van der Waals surface area contributed by atoms with Crippen LogP contribution in [0.5, 0.6) is 0 Å². The fraction of sp³-hybridized carbons (Fsp3) is 0.217. The predicted octanol–water partition coefficient (Wildman–Crippen LogP) is 4.89. The van der Waals surface area contributed by atoms with Crippen molar-refractivity contribution in [2.75, 3.05) is 0 Å². The lowest BCUT2D eigenvalue weighted by Crippen LogP contribution is -2.23. The fourth-order valence-electron chi connectivity index (χ4n) is 3.82. The lowest BCUT2D eigenvalue weighted by Gasteiger charge is -2.10. The first-order chi connectivity index (χ1) is 15.6. The first kappa shape index (κ1) is 20.8. The molecule has 0 spiro atoms. The maximum absolute atomic E-state index is 13.0. The fourth-order valence-corrected chi connectivity index (χ4v) is 5.27. The van der Waals surface area contributed by atoms with E-state index in [-0.39, 0.29) is 5.56 Å². The molecule has 3 aromatic heterocycles. The molecule has 0 aliphatic carbocycles. The second-order valence-electron chi connectivity index (χ2n) is 7.48. The SMILES string of the molecule is CCCn1c(=O)c2ccccc2n2c(SCc3c(C)nn(-c4ccccc4)c3Cl)nnc12. The minimum atomic E-state index is -0.0399. The molecule has 0 aliphatic rings. The minimum absolute atomic E-state index is 0.0399. The van der Waals surface area contributed by atoms with Crippen molar-refractivity contribution in [3.05, 3.63) is 81.4 Å². The summed E-state index contributed by atoms with van der Waals surface area (Å²) in [4.78, 5) is 13.0. The average Bonchev–Trinajstić information content (AvgIpc) is 3.36. The number of aromatic nitrogens is 6. The van der Waals surface area contributed by atoms with E-state index in [2.05, 4.69) is 15.3 Å². The van der Waals surface area contributed by atoms with E-state index < -0.39 is 0 Å². The van der Waals surface area contributed by atoms with Crippen LogP contribution in [0.25, 0.3) is 22.4 Å². The number of hydrogen-bond donors (Lipinski definition) is 0. The predicted molar refractivity (Wildman–Crippen MR) is 128 cm³/mol. The molecule has 3 heterocycles. The monoisotopic (exact) mass is 464 g/mol. The largest absolute Gasteiger partial charge is 0.276 e. The van der Waals surface area contributed by atoms with Crippen molar-refractivity contribution in [3.8, 4) is 5.69 Å². The molecule has 7 nitrogen and oxygen atoms in total. The summed E-state index contributed by atoms with van der Waals surface area (Å²) < 4.78 is 5.41. The van der Waals surface area contributed by atoms with Gasteiger partial charge in [-0.3, -0.25) is 13.8 Å². The smallest absolute Gasteiger partial charge is 0.262 e. The Bertz CT molecular complexity index is 1490. The number of hydrogen-bond acceptors (Lipinski definition) is 5. The van der Waals surface area contributed by atoms with Crippen LogP contribution in [-0.2, 0) is 12.3 Å². The summed E-state index contributed by atoms with van der Waals surface area (Å²) in [5.74, 6) is 1.14. The normalized spacial score (nSPS) is 11.6. The maximum Gasteiger partial charge on any atom is 0.262 e. The summed E-state index contributed by atoms with van der Waals surface area (Å²) in [6, 6.07) is 17.4. The van der Waals surface area contributed by atoms with Crippen LogP contribution in [-0.4, -0.2) is 28.9 Å². The lowest BCUT2D eigenvalue weighted by atomic mass is 10.2. The molecule has 5 aromatic rings. The van der Waals surface area contributed by atoms with Crippen LogP contribution in [0.2, 0.25) is 5.15 Å². The number of benzene rings is 2. The van der Waals surface area contributed by atoms with Gasteiger partial charge in [0.1, 0.15) is 5.15 Å². The molecule has 9 heteroatoms. The Morgan fingerprint density at radius 1 is 1.03 bits per heavy atom. The van der Waals surface area contributed by atoms with Gasteiger partial charge >= 0.3 is 0 Å². The Balaban J connectivity index is 1.57. The summed E-state index contributed by atoms with van der Waals surface area (Å²) in [7, 11) is 0. The molecule has 0 unspecified atom stereocenters. The van der Waals surface area contributed by atoms with Crippen molar-refractivity contribution in [2.45, 2.75) is 37.7 Å². The number of aryl methyl sites for hydroxylation is 2. The highest BCUT2D eigenvalue weighted by molar-refractivity contribution is 7.98. The summed E-state index contributed by atoms with van der Waals surface area (Å²) in [5, 5.41) is 15.4. The lowest BCUT2D eigenvalue weighted by molar-refractivity contribution is 0.662. The number of thioether (sulfide) groups is 1. The molecule has 0 fully saturated rings. The highest BCUT2D eigenvalue weighted by atomic mass is 35.5. The summed E-state index contributed by atoms with van der Waals surface area (Å²) in [6.45, 7) is 4.58. The van der Waals surface area contributed by atoms with Gasteiger partial charge in [-0.25, -0.2) is 4.68 Å². The third-order valence-corrected chi connectivity index (χ3v) is 6.74. The van der Waals surface area contributed by atoms with Crippen molar-refractivity contribution in [1.29, 1.82) is 0 Å². The zero-order valence-electron chi connectivity index (χ0n) is 17.7.